The first-order valence-electron chi connectivity index (χ1n) is 7.96. The first kappa shape index (κ1) is 16.0. The molecule has 5 heteroatoms. The largest absolute Gasteiger partial charge is 0.343 e. The molecule has 2 heterocycles. The smallest absolute Gasteiger partial charge is 0.246 e. The molecule has 21 heavy (non-hydrogen) atoms. The monoisotopic (exact) mass is 293 g/mol. The molecule has 118 valence electrons. The minimum atomic E-state index is -0.434. The summed E-state index contributed by atoms with van der Waals surface area (Å²) in [6.45, 7) is 8.02. The van der Waals surface area contributed by atoms with Gasteiger partial charge >= 0.3 is 0 Å². The van der Waals surface area contributed by atoms with Gasteiger partial charge in [0.1, 0.15) is 6.04 Å². The van der Waals surface area contributed by atoms with Crippen LogP contribution in [-0.4, -0.2) is 41.4 Å². The number of amides is 2. The van der Waals surface area contributed by atoms with Gasteiger partial charge in [-0.25, -0.2) is 0 Å². The van der Waals surface area contributed by atoms with Gasteiger partial charge in [-0.2, -0.15) is 0 Å². The van der Waals surface area contributed by atoms with E-state index in [1.807, 2.05) is 11.8 Å². The lowest BCUT2D eigenvalue weighted by Crippen LogP contribution is -2.54. The third kappa shape index (κ3) is 3.12. The zero-order valence-corrected chi connectivity index (χ0v) is 13.1. The van der Waals surface area contributed by atoms with Gasteiger partial charge in [0.15, 0.2) is 0 Å². The van der Waals surface area contributed by atoms with E-state index in [1.165, 1.54) is 0 Å². The SMILES string of the molecule is C=C(C)C1CCC2CCC(CC)C(NC(=O)CN)C(=O)N21. The molecule has 0 spiro atoms. The van der Waals surface area contributed by atoms with E-state index in [-0.39, 0.29) is 30.3 Å². The Hall–Kier alpha value is -1.36. The van der Waals surface area contributed by atoms with Crippen LogP contribution in [0, 0.1) is 5.92 Å². The fourth-order valence-corrected chi connectivity index (χ4v) is 3.77. The van der Waals surface area contributed by atoms with Crippen molar-refractivity contribution in [1.29, 1.82) is 0 Å². The molecule has 0 saturated carbocycles. The van der Waals surface area contributed by atoms with Crippen LogP contribution < -0.4 is 11.1 Å². The standard InChI is InChI=1S/C16H27N3O2/c1-4-11-5-6-12-7-8-13(10(2)3)19(12)16(21)15(11)18-14(20)9-17/h11-13,15H,2,4-9,17H2,1,3H3,(H,18,20). The molecule has 0 aromatic heterocycles. The van der Waals surface area contributed by atoms with Gasteiger partial charge in [0.2, 0.25) is 11.8 Å². The van der Waals surface area contributed by atoms with Crippen LogP contribution in [-0.2, 0) is 9.59 Å². The van der Waals surface area contributed by atoms with E-state index in [0.29, 0.717) is 6.04 Å². The molecule has 0 aliphatic carbocycles. The predicted octanol–water partition coefficient (Wildman–Crippen LogP) is 1.19. The van der Waals surface area contributed by atoms with Crippen molar-refractivity contribution in [3.63, 3.8) is 0 Å². The predicted molar refractivity (Wildman–Crippen MR) is 82.5 cm³/mol. The molecule has 4 unspecified atom stereocenters. The maximum absolute atomic E-state index is 13.0. The number of nitrogens with one attached hydrogen (secondary N) is 1. The minimum absolute atomic E-state index is 0.0525. The number of fused-ring (bicyclic) bond motifs is 1. The summed E-state index contributed by atoms with van der Waals surface area (Å²) < 4.78 is 0. The van der Waals surface area contributed by atoms with Crippen LogP contribution in [0.25, 0.3) is 0 Å². The van der Waals surface area contributed by atoms with Crippen molar-refractivity contribution in [3.05, 3.63) is 12.2 Å². The molecule has 0 radical (unpaired) electrons. The fraction of sp³-hybridized carbons (Fsp3) is 0.750. The molecule has 3 N–H and O–H groups in total. The lowest BCUT2D eigenvalue weighted by molar-refractivity contribution is -0.138. The zero-order valence-electron chi connectivity index (χ0n) is 13.1. The molecule has 2 amide bonds. The van der Waals surface area contributed by atoms with E-state index >= 15 is 0 Å². The fourth-order valence-electron chi connectivity index (χ4n) is 3.77. The van der Waals surface area contributed by atoms with Crippen molar-refractivity contribution in [1.82, 2.24) is 10.2 Å². The van der Waals surface area contributed by atoms with Gasteiger partial charge in [-0.1, -0.05) is 25.5 Å². The number of hydrogen-bond donors (Lipinski definition) is 2. The molecule has 2 rings (SSSR count). The Morgan fingerprint density at radius 1 is 1.38 bits per heavy atom. The van der Waals surface area contributed by atoms with Gasteiger partial charge in [-0.3, -0.25) is 9.59 Å². The zero-order chi connectivity index (χ0) is 15.6. The summed E-state index contributed by atoms with van der Waals surface area (Å²) in [7, 11) is 0. The summed E-state index contributed by atoms with van der Waals surface area (Å²) in [6.07, 6.45) is 4.90. The number of hydrogen-bond acceptors (Lipinski definition) is 3. The minimum Gasteiger partial charge on any atom is -0.343 e. The van der Waals surface area contributed by atoms with Gasteiger partial charge in [-0.15, -0.1) is 0 Å². The summed E-state index contributed by atoms with van der Waals surface area (Å²) in [5.74, 6) is -0.00246. The second-order valence-electron chi connectivity index (χ2n) is 6.33. The van der Waals surface area contributed by atoms with E-state index in [0.717, 1.165) is 37.7 Å². The average molecular weight is 293 g/mol. The number of nitrogens with two attached hydrogens (primary N) is 1. The van der Waals surface area contributed by atoms with Crippen LogP contribution in [0.5, 0.6) is 0 Å². The third-order valence-electron chi connectivity index (χ3n) is 4.96. The molecular formula is C16H27N3O2. The van der Waals surface area contributed by atoms with Gasteiger partial charge in [-0.05, 0) is 38.5 Å². The van der Waals surface area contributed by atoms with Gasteiger partial charge in [0.05, 0.1) is 12.6 Å². The molecular weight excluding hydrogens is 266 g/mol. The van der Waals surface area contributed by atoms with Crippen LogP contribution in [0.4, 0.5) is 0 Å². The normalized spacial score (nSPS) is 32.5. The van der Waals surface area contributed by atoms with Crippen LogP contribution in [0.15, 0.2) is 12.2 Å². The van der Waals surface area contributed by atoms with E-state index in [9.17, 15) is 9.59 Å². The lowest BCUT2D eigenvalue weighted by Gasteiger charge is -2.32. The van der Waals surface area contributed by atoms with Crippen LogP contribution in [0.1, 0.15) is 46.0 Å². The summed E-state index contributed by atoms with van der Waals surface area (Å²) in [6, 6.07) is -0.0144. The van der Waals surface area contributed by atoms with E-state index < -0.39 is 6.04 Å². The van der Waals surface area contributed by atoms with Gasteiger partial charge in [0.25, 0.3) is 0 Å². The van der Waals surface area contributed by atoms with Crippen LogP contribution >= 0.6 is 0 Å². The highest BCUT2D eigenvalue weighted by molar-refractivity contribution is 5.89. The maximum Gasteiger partial charge on any atom is 0.246 e. The highest BCUT2D eigenvalue weighted by Crippen LogP contribution is 2.36. The first-order valence-corrected chi connectivity index (χ1v) is 7.96. The Bertz CT molecular complexity index is 435. The van der Waals surface area contributed by atoms with Crippen molar-refractivity contribution in [2.24, 2.45) is 11.7 Å². The second kappa shape index (κ2) is 6.60. The summed E-state index contributed by atoms with van der Waals surface area (Å²) in [4.78, 5) is 26.7. The van der Waals surface area contributed by atoms with Gasteiger partial charge < -0.3 is 16.0 Å². The second-order valence-corrected chi connectivity index (χ2v) is 6.33. The van der Waals surface area contributed by atoms with Gasteiger partial charge in [0, 0.05) is 6.04 Å². The van der Waals surface area contributed by atoms with Crippen molar-refractivity contribution in [2.45, 2.75) is 64.1 Å². The Balaban J connectivity index is 2.26. The van der Waals surface area contributed by atoms with Crippen molar-refractivity contribution in [2.75, 3.05) is 6.54 Å². The molecule has 2 aliphatic rings. The van der Waals surface area contributed by atoms with E-state index in [1.54, 1.807) is 0 Å². The van der Waals surface area contributed by atoms with Crippen LogP contribution in [0.2, 0.25) is 0 Å². The summed E-state index contributed by atoms with van der Waals surface area (Å²) in [5, 5.41) is 2.85. The summed E-state index contributed by atoms with van der Waals surface area (Å²) >= 11 is 0. The number of rotatable bonds is 4. The Kier molecular flexibility index (Phi) is 5.04. The molecule has 0 aromatic carbocycles. The maximum atomic E-state index is 13.0. The Morgan fingerprint density at radius 3 is 2.62 bits per heavy atom. The third-order valence-corrected chi connectivity index (χ3v) is 4.96. The topological polar surface area (TPSA) is 75.4 Å². The molecule has 0 aromatic rings. The van der Waals surface area contributed by atoms with Crippen molar-refractivity contribution >= 4 is 11.8 Å². The average Bonchev–Trinajstić information content (AvgIpc) is 2.84. The highest BCUT2D eigenvalue weighted by Gasteiger charge is 2.44. The summed E-state index contributed by atoms with van der Waals surface area (Å²) in [5.41, 5.74) is 6.42. The Morgan fingerprint density at radius 2 is 2.05 bits per heavy atom. The number of nitrogens with zero attached hydrogens (tertiary/aromatic N) is 1. The molecule has 2 saturated heterocycles. The number of carbonyl (C=O) groups excluding carboxylic acids is 2. The van der Waals surface area contributed by atoms with E-state index in [4.69, 9.17) is 5.73 Å². The molecule has 5 nitrogen and oxygen atoms in total. The van der Waals surface area contributed by atoms with Crippen molar-refractivity contribution < 1.29 is 9.59 Å². The number of carbonyl (C=O) groups is 2. The lowest BCUT2D eigenvalue weighted by atomic mass is 9.91. The first-order chi connectivity index (χ1) is 9.99. The quantitative estimate of drug-likeness (QED) is 0.764. The van der Waals surface area contributed by atoms with Crippen molar-refractivity contribution in [3.8, 4) is 0 Å². The Labute approximate surface area is 126 Å². The molecule has 2 fully saturated rings. The van der Waals surface area contributed by atoms with E-state index in [2.05, 4.69) is 18.8 Å². The van der Waals surface area contributed by atoms with Crippen LogP contribution in [0.3, 0.4) is 0 Å². The molecule has 2 aliphatic heterocycles. The highest BCUT2D eigenvalue weighted by atomic mass is 16.2. The molecule has 0 bridgehead atoms. The molecule has 4 atom stereocenters.